The number of fused-ring (bicyclic) bond motifs is 1. The van der Waals surface area contributed by atoms with Gasteiger partial charge in [-0.25, -0.2) is 18.8 Å². The average molecular weight is 777 g/mol. The highest BCUT2D eigenvalue weighted by Crippen LogP contribution is 2.27. The number of thiophene rings is 1. The van der Waals surface area contributed by atoms with Crippen LogP contribution in [0.4, 0.5) is 25.4 Å². The van der Waals surface area contributed by atoms with Crippen molar-refractivity contribution >= 4 is 63.4 Å². The summed E-state index contributed by atoms with van der Waals surface area (Å²) in [6.45, 7) is 5.41. The van der Waals surface area contributed by atoms with Crippen LogP contribution in [0.25, 0.3) is 10.9 Å². The van der Waals surface area contributed by atoms with Crippen LogP contribution < -0.4 is 26.7 Å². The molecule has 0 aliphatic carbocycles. The van der Waals surface area contributed by atoms with Gasteiger partial charge < -0.3 is 40.6 Å². The number of aryl methyl sites for hydroxylation is 1. The minimum Gasteiger partial charge on any atom is -0.477 e. The van der Waals surface area contributed by atoms with Crippen molar-refractivity contribution in [2.24, 2.45) is 17.6 Å². The number of carboxylic acids is 1. The topological polar surface area (TPSA) is 193 Å². The summed E-state index contributed by atoms with van der Waals surface area (Å²) in [6, 6.07) is 12.7. The zero-order chi connectivity index (χ0) is 39.6. The second-order valence-corrected chi connectivity index (χ2v) is 14.5. The molecule has 5 N–H and O–H groups in total. The van der Waals surface area contributed by atoms with Crippen molar-refractivity contribution in [1.29, 1.82) is 0 Å². The number of Topliss-reactive ketones (excluding diaryl/α,β-unsaturated/α-hetero) is 1. The number of ether oxygens (including phenoxy) is 1. The molecule has 2 aromatic heterocycles. The Morgan fingerprint density at radius 3 is 2.42 bits per heavy atom. The summed E-state index contributed by atoms with van der Waals surface area (Å²) in [5, 5.41) is 16.8. The normalized spacial score (nSPS) is 13.9. The molecule has 2 aromatic carbocycles. The summed E-state index contributed by atoms with van der Waals surface area (Å²) in [6.07, 6.45) is 2.23. The second kappa shape index (κ2) is 18.5. The number of nitrogens with one attached hydrogen (secondary N) is 2. The van der Waals surface area contributed by atoms with E-state index in [1.165, 1.54) is 11.1 Å². The Morgan fingerprint density at radius 1 is 1.05 bits per heavy atom. The van der Waals surface area contributed by atoms with Crippen LogP contribution in [0.1, 0.15) is 53.9 Å². The van der Waals surface area contributed by atoms with Crippen LogP contribution in [0.2, 0.25) is 0 Å². The number of nitrogens with zero attached hydrogens (tertiary/aromatic N) is 3. The minimum absolute atomic E-state index is 0.0153. The van der Waals surface area contributed by atoms with Gasteiger partial charge in [0.25, 0.3) is 0 Å². The summed E-state index contributed by atoms with van der Waals surface area (Å²) in [5.74, 6) is -3.24. The number of hydrogen-bond donors (Lipinski definition) is 4. The van der Waals surface area contributed by atoms with Gasteiger partial charge >= 0.3 is 18.1 Å². The molecule has 2 atom stereocenters. The van der Waals surface area contributed by atoms with Crippen molar-refractivity contribution in [2.75, 3.05) is 42.9 Å². The number of anilines is 2. The van der Waals surface area contributed by atoms with E-state index >= 15 is 4.39 Å². The van der Waals surface area contributed by atoms with E-state index < -0.39 is 40.8 Å². The van der Waals surface area contributed by atoms with Gasteiger partial charge in [0.2, 0.25) is 11.3 Å². The average Bonchev–Trinajstić information content (AvgIpc) is 3.68. The lowest BCUT2D eigenvalue weighted by Gasteiger charge is -2.35. The largest absolute Gasteiger partial charge is 0.477 e. The molecule has 4 aromatic rings. The van der Waals surface area contributed by atoms with E-state index in [9.17, 15) is 33.9 Å². The third-order valence-corrected chi connectivity index (χ3v) is 10.6. The molecule has 1 aliphatic heterocycles. The summed E-state index contributed by atoms with van der Waals surface area (Å²) < 4.78 is 22.4. The van der Waals surface area contributed by atoms with Crippen molar-refractivity contribution in [1.82, 2.24) is 14.8 Å². The first kappa shape index (κ1) is 40.4. The first-order valence-corrected chi connectivity index (χ1v) is 19.0. The zero-order valence-corrected chi connectivity index (χ0v) is 31.5. The van der Waals surface area contributed by atoms with Crippen LogP contribution in [0.15, 0.2) is 64.9 Å². The van der Waals surface area contributed by atoms with Gasteiger partial charge in [-0.1, -0.05) is 25.1 Å². The van der Waals surface area contributed by atoms with E-state index in [1.807, 2.05) is 24.4 Å². The van der Waals surface area contributed by atoms with Crippen LogP contribution in [-0.4, -0.2) is 77.1 Å². The summed E-state index contributed by atoms with van der Waals surface area (Å²) >= 11 is 1.58. The number of nitrogens with two attached hydrogens (primary N) is 1. The lowest BCUT2D eigenvalue weighted by Crippen LogP contribution is -2.49. The summed E-state index contributed by atoms with van der Waals surface area (Å²) in [4.78, 5) is 79.1. The number of carbonyl (C=O) groups is 5. The van der Waals surface area contributed by atoms with Crippen LogP contribution >= 0.6 is 11.3 Å². The van der Waals surface area contributed by atoms with Gasteiger partial charge in [-0.2, -0.15) is 0 Å². The van der Waals surface area contributed by atoms with Gasteiger partial charge in [-0.15, -0.1) is 11.3 Å². The molecule has 16 heteroatoms. The van der Waals surface area contributed by atoms with E-state index in [1.54, 1.807) is 58.1 Å². The highest BCUT2D eigenvalue weighted by atomic mass is 32.1. The lowest BCUT2D eigenvalue weighted by atomic mass is 9.89. The van der Waals surface area contributed by atoms with Gasteiger partial charge in [-0.05, 0) is 67.5 Å². The Bertz CT molecular complexity index is 2080. The molecule has 3 heterocycles. The van der Waals surface area contributed by atoms with E-state index in [0.717, 1.165) is 10.9 Å². The number of pyridine rings is 1. The third-order valence-electron chi connectivity index (χ3n) is 9.67. The molecule has 0 unspecified atom stereocenters. The predicted octanol–water partition coefficient (Wildman–Crippen LogP) is 5.22. The SMILES string of the molecule is CCn1cc(C(=O)O)c(=O)c2cc(F)c(N3CCN(C(=O)OCc4ccc(NC(=O)[C@H](CCCNC(N)=O)CC(=O)[C@@H](C)Cc5cccs5)cc4)CC3)cc21. The van der Waals surface area contributed by atoms with Gasteiger partial charge in [0.1, 0.15) is 23.8 Å². The first-order valence-electron chi connectivity index (χ1n) is 18.1. The quantitative estimate of drug-likeness (QED) is 0.110. The van der Waals surface area contributed by atoms with Crippen molar-refractivity contribution < 1.29 is 38.2 Å². The Hall–Kier alpha value is -5.77. The van der Waals surface area contributed by atoms with Gasteiger partial charge in [-0.3, -0.25) is 14.4 Å². The fourth-order valence-electron chi connectivity index (χ4n) is 6.52. The molecule has 0 spiro atoms. The summed E-state index contributed by atoms with van der Waals surface area (Å²) in [7, 11) is 0. The molecule has 0 bridgehead atoms. The molecule has 1 saturated heterocycles. The fourth-order valence-corrected chi connectivity index (χ4v) is 7.36. The van der Waals surface area contributed by atoms with Crippen LogP contribution in [0, 0.1) is 17.7 Å². The highest BCUT2D eigenvalue weighted by molar-refractivity contribution is 7.09. The third kappa shape index (κ3) is 10.5. The van der Waals surface area contributed by atoms with Gasteiger partial charge in [0.05, 0.1) is 11.2 Å². The Morgan fingerprint density at radius 2 is 1.78 bits per heavy atom. The molecule has 55 heavy (non-hydrogen) atoms. The Balaban J connectivity index is 1.13. The van der Waals surface area contributed by atoms with E-state index in [0.29, 0.717) is 55.7 Å². The number of carboxylic acid groups (broad SMARTS) is 1. The standard InChI is InChI=1S/C39H45FN6O8S/c1-3-44-22-30(37(50)51)35(48)29-20-31(40)33(21-32(29)44)45-13-15-46(16-14-45)39(53)54-23-25-8-10-27(11-9-25)43-36(49)26(6-4-12-42-38(41)52)19-34(47)24(2)18-28-7-5-17-55-28/h5,7-11,17,20-22,24,26H,3-4,6,12-16,18-19,23H2,1-2H3,(H,43,49)(H,50,51)(H3,41,42,52)/t24-,26+/m0/s1. The number of carbonyl (C=O) groups excluding carboxylic acids is 4. The monoisotopic (exact) mass is 776 g/mol. The molecule has 1 fully saturated rings. The molecule has 1 aliphatic rings. The van der Waals surface area contributed by atoms with Crippen molar-refractivity contribution in [3.63, 3.8) is 0 Å². The number of halogens is 1. The number of aromatic nitrogens is 1. The van der Waals surface area contributed by atoms with E-state index in [-0.39, 0.29) is 61.3 Å². The Labute approximate surface area is 321 Å². The number of primary amides is 1. The molecule has 5 rings (SSSR count). The second-order valence-electron chi connectivity index (χ2n) is 13.5. The van der Waals surface area contributed by atoms with Gasteiger partial charge in [0.15, 0.2) is 0 Å². The van der Waals surface area contributed by atoms with Crippen molar-refractivity contribution in [2.45, 2.75) is 52.7 Å². The molecular weight excluding hydrogens is 732 g/mol. The highest BCUT2D eigenvalue weighted by Gasteiger charge is 2.27. The number of rotatable bonds is 16. The number of aromatic carboxylic acids is 1. The van der Waals surface area contributed by atoms with Gasteiger partial charge in [0, 0.05) is 79.7 Å². The maximum atomic E-state index is 15.3. The number of urea groups is 1. The molecule has 14 nitrogen and oxygen atoms in total. The van der Waals surface area contributed by atoms with Crippen LogP contribution in [0.3, 0.4) is 0 Å². The number of amides is 4. The minimum atomic E-state index is -1.38. The van der Waals surface area contributed by atoms with Crippen molar-refractivity contribution in [3.8, 4) is 0 Å². The van der Waals surface area contributed by atoms with Crippen molar-refractivity contribution in [3.05, 3.63) is 92.2 Å². The number of hydrogen-bond acceptors (Lipinski definition) is 9. The summed E-state index contributed by atoms with van der Waals surface area (Å²) in [5.41, 5.74) is 5.85. The first-order chi connectivity index (χ1) is 26.3. The maximum Gasteiger partial charge on any atom is 0.410 e. The lowest BCUT2D eigenvalue weighted by molar-refractivity contribution is -0.128. The van der Waals surface area contributed by atoms with E-state index in [4.69, 9.17) is 10.5 Å². The zero-order valence-electron chi connectivity index (χ0n) is 30.7. The van der Waals surface area contributed by atoms with E-state index in [2.05, 4.69) is 10.6 Å². The van der Waals surface area contributed by atoms with Crippen LogP contribution in [0.5, 0.6) is 0 Å². The number of benzene rings is 2. The Kier molecular flexibility index (Phi) is 13.6. The molecule has 4 amide bonds. The predicted molar refractivity (Wildman–Crippen MR) is 207 cm³/mol. The molecule has 0 saturated carbocycles. The molecule has 0 radical (unpaired) electrons. The van der Waals surface area contributed by atoms with Crippen LogP contribution in [-0.2, 0) is 33.9 Å². The number of ketones is 1. The smallest absolute Gasteiger partial charge is 0.410 e. The fraction of sp³-hybridized carbons (Fsp3) is 0.385. The maximum absolute atomic E-state index is 15.3. The molecular formula is C39H45FN6O8S. The number of piperazine rings is 1. The molecule has 292 valence electrons.